The van der Waals surface area contributed by atoms with Gasteiger partial charge in [0.2, 0.25) is 10.0 Å². The van der Waals surface area contributed by atoms with E-state index >= 15 is 0 Å². The highest BCUT2D eigenvalue weighted by Crippen LogP contribution is 2.29. The van der Waals surface area contributed by atoms with Crippen molar-refractivity contribution in [3.05, 3.63) is 15.8 Å². The number of nitrogens with two attached hydrogens (primary N) is 1. The van der Waals surface area contributed by atoms with Gasteiger partial charge in [-0.3, -0.25) is 0 Å². The summed E-state index contributed by atoms with van der Waals surface area (Å²) in [5, 5.41) is 0. The maximum absolute atomic E-state index is 12.5. The SMILES string of the molecule is Cc1sc(CN)cc1S(=O)(=O)N(C)C(C)C(C)C. The maximum atomic E-state index is 12.5. The lowest BCUT2D eigenvalue weighted by atomic mass is 10.1. The van der Waals surface area contributed by atoms with Gasteiger partial charge in [0.1, 0.15) is 0 Å². The van der Waals surface area contributed by atoms with Crippen LogP contribution in [0.15, 0.2) is 11.0 Å². The number of rotatable bonds is 5. The van der Waals surface area contributed by atoms with Gasteiger partial charge >= 0.3 is 0 Å². The van der Waals surface area contributed by atoms with Crippen molar-refractivity contribution in [3.63, 3.8) is 0 Å². The highest BCUT2D eigenvalue weighted by molar-refractivity contribution is 7.89. The minimum Gasteiger partial charge on any atom is -0.326 e. The summed E-state index contributed by atoms with van der Waals surface area (Å²) in [7, 11) is -1.78. The maximum Gasteiger partial charge on any atom is 0.244 e. The van der Waals surface area contributed by atoms with Crippen molar-refractivity contribution >= 4 is 21.4 Å². The van der Waals surface area contributed by atoms with Gasteiger partial charge in [0, 0.05) is 29.4 Å². The first kappa shape index (κ1) is 15.6. The number of sulfonamides is 1. The van der Waals surface area contributed by atoms with Crippen LogP contribution in [-0.4, -0.2) is 25.8 Å². The second-order valence-electron chi connectivity index (χ2n) is 4.84. The topological polar surface area (TPSA) is 63.4 Å². The van der Waals surface area contributed by atoms with Crippen LogP contribution in [0.3, 0.4) is 0 Å². The van der Waals surface area contributed by atoms with Crippen LogP contribution in [0.25, 0.3) is 0 Å². The van der Waals surface area contributed by atoms with E-state index < -0.39 is 10.0 Å². The van der Waals surface area contributed by atoms with Crippen molar-refractivity contribution in [1.29, 1.82) is 0 Å². The van der Waals surface area contributed by atoms with Gasteiger partial charge in [0.15, 0.2) is 0 Å². The zero-order valence-electron chi connectivity index (χ0n) is 11.6. The van der Waals surface area contributed by atoms with Crippen LogP contribution >= 0.6 is 11.3 Å². The van der Waals surface area contributed by atoms with E-state index in [4.69, 9.17) is 5.73 Å². The molecule has 1 aromatic heterocycles. The van der Waals surface area contributed by atoms with Crippen LogP contribution < -0.4 is 5.73 Å². The van der Waals surface area contributed by atoms with Crippen molar-refractivity contribution in [1.82, 2.24) is 4.31 Å². The lowest BCUT2D eigenvalue weighted by molar-refractivity contribution is 0.315. The fourth-order valence-electron chi connectivity index (χ4n) is 1.67. The molecule has 1 atom stereocenters. The minimum absolute atomic E-state index is 0.0318. The summed E-state index contributed by atoms with van der Waals surface area (Å²) < 4.78 is 26.5. The summed E-state index contributed by atoms with van der Waals surface area (Å²) in [6, 6.07) is 1.66. The third-order valence-corrected chi connectivity index (χ3v) is 6.59. The summed E-state index contributed by atoms with van der Waals surface area (Å²) in [6.45, 7) is 8.16. The Balaban J connectivity index is 3.17. The largest absolute Gasteiger partial charge is 0.326 e. The predicted octanol–water partition coefficient (Wildman–Crippen LogP) is 2.18. The van der Waals surface area contributed by atoms with E-state index in [9.17, 15) is 8.42 Å². The molecule has 0 aliphatic carbocycles. The first-order valence-electron chi connectivity index (χ1n) is 5.99. The molecule has 1 heterocycles. The fourth-order valence-corrected chi connectivity index (χ4v) is 4.65. The smallest absolute Gasteiger partial charge is 0.244 e. The molecule has 0 amide bonds. The van der Waals surface area contributed by atoms with Gasteiger partial charge < -0.3 is 5.73 Å². The van der Waals surface area contributed by atoms with Gasteiger partial charge in [-0.2, -0.15) is 4.31 Å². The second-order valence-corrected chi connectivity index (χ2v) is 8.15. The zero-order valence-corrected chi connectivity index (χ0v) is 13.2. The van der Waals surface area contributed by atoms with Crippen LogP contribution in [0.4, 0.5) is 0 Å². The molecule has 0 bridgehead atoms. The standard InChI is InChI=1S/C12H22N2O2S2/c1-8(2)9(3)14(5)18(15,16)12-6-11(7-13)17-10(12)4/h6,8-9H,7,13H2,1-5H3. The van der Waals surface area contributed by atoms with Gasteiger partial charge in [-0.05, 0) is 25.8 Å². The Kier molecular flexibility index (Phi) is 4.94. The molecule has 0 saturated carbocycles. The number of hydrogen-bond donors (Lipinski definition) is 1. The minimum atomic E-state index is -3.41. The Morgan fingerprint density at radius 1 is 1.39 bits per heavy atom. The Bertz CT molecular complexity index is 506. The molecule has 18 heavy (non-hydrogen) atoms. The molecule has 0 aliphatic heterocycles. The highest BCUT2D eigenvalue weighted by Gasteiger charge is 2.29. The van der Waals surface area contributed by atoms with E-state index in [2.05, 4.69) is 0 Å². The molecule has 104 valence electrons. The molecule has 1 aromatic rings. The summed E-state index contributed by atoms with van der Waals surface area (Å²) in [5.74, 6) is 0.276. The molecule has 0 saturated heterocycles. The fraction of sp³-hybridized carbons (Fsp3) is 0.667. The second kappa shape index (κ2) is 5.69. The molecule has 4 nitrogen and oxygen atoms in total. The monoisotopic (exact) mass is 290 g/mol. The lowest BCUT2D eigenvalue weighted by Gasteiger charge is -2.27. The normalized spacial score (nSPS) is 14.4. The number of thiophene rings is 1. The molecular formula is C12H22N2O2S2. The number of hydrogen-bond acceptors (Lipinski definition) is 4. The van der Waals surface area contributed by atoms with Crippen LogP contribution in [-0.2, 0) is 16.6 Å². The first-order valence-corrected chi connectivity index (χ1v) is 8.24. The average Bonchev–Trinajstić information content (AvgIpc) is 2.69. The summed E-state index contributed by atoms with van der Waals surface area (Å²) in [4.78, 5) is 2.10. The number of nitrogens with zero attached hydrogens (tertiary/aromatic N) is 1. The summed E-state index contributed by atoms with van der Waals surface area (Å²) in [6.07, 6.45) is 0. The Hall–Kier alpha value is -0.430. The van der Waals surface area contributed by atoms with Crippen molar-refractivity contribution in [3.8, 4) is 0 Å². The van der Waals surface area contributed by atoms with E-state index in [-0.39, 0.29) is 12.0 Å². The molecule has 0 spiro atoms. The third-order valence-electron chi connectivity index (χ3n) is 3.32. The van der Waals surface area contributed by atoms with Crippen molar-refractivity contribution < 1.29 is 8.42 Å². The Morgan fingerprint density at radius 3 is 2.33 bits per heavy atom. The van der Waals surface area contributed by atoms with Crippen LogP contribution in [0.1, 0.15) is 30.5 Å². The average molecular weight is 290 g/mol. The van der Waals surface area contributed by atoms with E-state index in [1.807, 2.05) is 27.7 Å². The van der Waals surface area contributed by atoms with Crippen LogP contribution in [0, 0.1) is 12.8 Å². The molecule has 0 radical (unpaired) electrons. The lowest BCUT2D eigenvalue weighted by Crippen LogP contribution is -2.38. The molecule has 6 heteroatoms. The van der Waals surface area contributed by atoms with E-state index in [1.165, 1.54) is 15.6 Å². The molecular weight excluding hydrogens is 268 g/mol. The van der Waals surface area contributed by atoms with Crippen LogP contribution in [0.2, 0.25) is 0 Å². The van der Waals surface area contributed by atoms with E-state index in [1.54, 1.807) is 13.1 Å². The van der Waals surface area contributed by atoms with E-state index in [0.717, 1.165) is 9.75 Å². The Morgan fingerprint density at radius 2 is 1.94 bits per heavy atom. The van der Waals surface area contributed by atoms with E-state index in [0.29, 0.717) is 11.4 Å². The van der Waals surface area contributed by atoms with Gasteiger partial charge in [0.05, 0.1) is 4.90 Å². The third kappa shape index (κ3) is 2.93. The zero-order chi connectivity index (χ0) is 14.1. The molecule has 0 aliphatic rings. The quantitative estimate of drug-likeness (QED) is 0.904. The van der Waals surface area contributed by atoms with Crippen molar-refractivity contribution in [2.24, 2.45) is 11.7 Å². The Labute approximate surface area is 114 Å². The molecule has 2 N–H and O–H groups in total. The van der Waals surface area contributed by atoms with Crippen molar-refractivity contribution in [2.75, 3.05) is 7.05 Å². The van der Waals surface area contributed by atoms with Crippen molar-refractivity contribution in [2.45, 2.75) is 45.2 Å². The summed E-state index contributed by atoms with van der Waals surface area (Å²) >= 11 is 1.45. The highest BCUT2D eigenvalue weighted by atomic mass is 32.2. The molecule has 0 fully saturated rings. The summed E-state index contributed by atoms with van der Waals surface area (Å²) in [5.41, 5.74) is 5.56. The van der Waals surface area contributed by atoms with Gasteiger partial charge in [0.25, 0.3) is 0 Å². The molecule has 1 unspecified atom stereocenters. The predicted molar refractivity (Wildman–Crippen MR) is 76.2 cm³/mol. The molecule has 1 rings (SSSR count). The van der Waals surface area contributed by atoms with Crippen LogP contribution in [0.5, 0.6) is 0 Å². The first-order chi connectivity index (χ1) is 8.21. The molecule has 0 aromatic carbocycles. The van der Waals surface area contributed by atoms with Gasteiger partial charge in [-0.1, -0.05) is 13.8 Å². The van der Waals surface area contributed by atoms with Gasteiger partial charge in [-0.15, -0.1) is 11.3 Å². The van der Waals surface area contributed by atoms with Gasteiger partial charge in [-0.25, -0.2) is 8.42 Å². The number of aryl methyl sites for hydroxylation is 1.